The van der Waals surface area contributed by atoms with Crippen LogP contribution in [0.25, 0.3) is 0 Å². The topological polar surface area (TPSA) is 66.8 Å². The molecule has 0 spiro atoms. The summed E-state index contributed by atoms with van der Waals surface area (Å²) in [5.41, 5.74) is 1.32. The van der Waals surface area contributed by atoms with Crippen LogP contribution in [0.5, 0.6) is 0 Å². The van der Waals surface area contributed by atoms with Gasteiger partial charge in [0.1, 0.15) is 5.60 Å². The van der Waals surface area contributed by atoms with Crippen LogP contribution in [0.15, 0.2) is 83.6 Å². The van der Waals surface area contributed by atoms with Crippen LogP contribution < -0.4 is 0 Å². The van der Waals surface area contributed by atoms with Crippen molar-refractivity contribution in [3.8, 4) is 0 Å². The summed E-state index contributed by atoms with van der Waals surface area (Å²) in [7, 11) is 0. The highest BCUT2D eigenvalue weighted by atomic mass is 16.5. The molecular formula is C27H36O4. The van der Waals surface area contributed by atoms with Crippen LogP contribution in [0.1, 0.15) is 41.5 Å². The summed E-state index contributed by atoms with van der Waals surface area (Å²) in [5, 5.41) is 19.6. The fourth-order valence-electron chi connectivity index (χ4n) is 3.90. The highest BCUT2D eigenvalue weighted by Crippen LogP contribution is 2.39. The van der Waals surface area contributed by atoms with Gasteiger partial charge < -0.3 is 14.9 Å². The Morgan fingerprint density at radius 1 is 1.06 bits per heavy atom. The van der Waals surface area contributed by atoms with Gasteiger partial charge in [-0.05, 0) is 44.9 Å². The first-order valence-corrected chi connectivity index (χ1v) is 10.8. The van der Waals surface area contributed by atoms with E-state index in [4.69, 9.17) is 4.74 Å². The zero-order valence-corrected chi connectivity index (χ0v) is 19.5. The van der Waals surface area contributed by atoms with E-state index in [-0.39, 0.29) is 35.9 Å². The molecule has 0 unspecified atom stereocenters. The number of Topliss-reactive ketones (excluding diaryl/α,β-unsaturated/α-hetero) is 1. The molecule has 0 saturated heterocycles. The summed E-state index contributed by atoms with van der Waals surface area (Å²) in [4.78, 5) is 12.1. The smallest absolute Gasteiger partial charge is 0.164 e. The van der Waals surface area contributed by atoms with E-state index >= 15 is 0 Å². The molecule has 1 aliphatic carbocycles. The van der Waals surface area contributed by atoms with Gasteiger partial charge in [0.2, 0.25) is 0 Å². The summed E-state index contributed by atoms with van der Waals surface area (Å²) in [5.74, 6) is -0.135. The summed E-state index contributed by atoms with van der Waals surface area (Å²) >= 11 is 0. The van der Waals surface area contributed by atoms with E-state index in [2.05, 4.69) is 0 Å². The summed E-state index contributed by atoms with van der Waals surface area (Å²) in [6, 6.07) is 0. The normalized spacial score (nSPS) is 35.2. The maximum atomic E-state index is 12.1. The maximum absolute atomic E-state index is 12.1. The first kappa shape index (κ1) is 25.0. The Morgan fingerprint density at radius 3 is 2.23 bits per heavy atom. The lowest BCUT2D eigenvalue weighted by atomic mass is 9.80. The second kappa shape index (κ2) is 10.4. The minimum absolute atomic E-state index is 0.0242. The molecule has 5 atom stereocenters. The lowest BCUT2D eigenvalue weighted by Gasteiger charge is -2.37. The number of ketones is 1. The van der Waals surface area contributed by atoms with E-state index in [1.807, 2.05) is 101 Å². The van der Waals surface area contributed by atoms with Gasteiger partial charge in [0.25, 0.3) is 0 Å². The number of aliphatic hydroxyl groups is 2. The fraction of sp³-hybridized carbons (Fsp3) is 0.444. The number of hydrogen-bond acceptors (Lipinski definition) is 4. The largest absolute Gasteiger partial charge is 0.392 e. The molecule has 1 aliphatic heterocycles. The lowest BCUT2D eigenvalue weighted by molar-refractivity contribution is -0.119. The monoisotopic (exact) mass is 424 g/mol. The summed E-state index contributed by atoms with van der Waals surface area (Å²) in [6.07, 6.45) is 21.0. The second-order valence-corrected chi connectivity index (χ2v) is 8.98. The Hall–Kier alpha value is -2.27. The van der Waals surface area contributed by atoms with Crippen molar-refractivity contribution >= 4 is 5.78 Å². The van der Waals surface area contributed by atoms with Gasteiger partial charge in [-0.15, -0.1) is 0 Å². The van der Waals surface area contributed by atoms with E-state index in [0.29, 0.717) is 5.57 Å². The Bertz CT molecular complexity index is 879. The average Bonchev–Trinajstić information content (AvgIpc) is 2.92. The van der Waals surface area contributed by atoms with Crippen molar-refractivity contribution in [1.29, 1.82) is 0 Å². The fourth-order valence-corrected chi connectivity index (χ4v) is 3.90. The second-order valence-electron chi connectivity index (χ2n) is 8.98. The third-order valence-electron chi connectivity index (χ3n) is 6.29. The minimum atomic E-state index is -0.930. The molecule has 0 radical (unpaired) electrons. The SMILES string of the molecule is CC1=C[C@@](C)(O)[C@@H](C)O[C@H]1/C(C)=C/C=C/C=C/C=C/C=C/[C@]1(C)C=C(CO)C(=O)[C@@H]1C. The third kappa shape index (κ3) is 6.13. The van der Waals surface area contributed by atoms with Gasteiger partial charge >= 0.3 is 0 Å². The highest BCUT2D eigenvalue weighted by molar-refractivity contribution is 6.00. The summed E-state index contributed by atoms with van der Waals surface area (Å²) in [6.45, 7) is 11.4. The molecule has 2 N–H and O–H groups in total. The predicted molar refractivity (Wildman–Crippen MR) is 126 cm³/mol. The number of rotatable bonds is 7. The molecule has 0 amide bonds. The van der Waals surface area contributed by atoms with Crippen LogP contribution in [-0.2, 0) is 9.53 Å². The van der Waals surface area contributed by atoms with Gasteiger partial charge in [-0.25, -0.2) is 0 Å². The van der Waals surface area contributed by atoms with Crippen molar-refractivity contribution in [3.63, 3.8) is 0 Å². The molecule has 4 heteroatoms. The van der Waals surface area contributed by atoms with Gasteiger partial charge in [0.15, 0.2) is 5.78 Å². The first-order chi connectivity index (χ1) is 14.5. The van der Waals surface area contributed by atoms with Crippen LogP contribution in [0, 0.1) is 11.3 Å². The Kier molecular flexibility index (Phi) is 8.35. The lowest BCUT2D eigenvalue weighted by Crippen LogP contribution is -2.44. The molecule has 0 fully saturated rings. The Balaban J connectivity index is 1.89. The van der Waals surface area contributed by atoms with E-state index < -0.39 is 5.60 Å². The molecule has 168 valence electrons. The first-order valence-electron chi connectivity index (χ1n) is 10.8. The van der Waals surface area contributed by atoms with Crippen LogP contribution in [-0.4, -0.2) is 40.4 Å². The third-order valence-corrected chi connectivity index (χ3v) is 6.29. The van der Waals surface area contributed by atoms with Gasteiger partial charge in [-0.2, -0.15) is 0 Å². The molecule has 0 bridgehead atoms. The van der Waals surface area contributed by atoms with Crippen molar-refractivity contribution in [2.45, 2.75) is 59.4 Å². The molecule has 31 heavy (non-hydrogen) atoms. The quantitative estimate of drug-likeness (QED) is 0.456. The number of ether oxygens (including phenoxy) is 1. The van der Waals surface area contributed by atoms with Crippen molar-refractivity contribution in [2.75, 3.05) is 6.61 Å². The molecule has 0 aromatic heterocycles. The highest BCUT2D eigenvalue weighted by Gasteiger charge is 2.39. The van der Waals surface area contributed by atoms with Gasteiger partial charge in [0.05, 0.1) is 18.8 Å². The number of carbonyl (C=O) groups excluding carboxylic acids is 1. The number of carbonyl (C=O) groups is 1. The van der Waals surface area contributed by atoms with Gasteiger partial charge in [0, 0.05) is 16.9 Å². The predicted octanol–water partition coefficient (Wildman–Crippen LogP) is 4.79. The van der Waals surface area contributed by atoms with E-state index in [1.54, 1.807) is 6.92 Å². The molecule has 2 rings (SSSR count). The maximum Gasteiger partial charge on any atom is 0.164 e. The molecular weight excluding hydrogens is 388 g/mol. The van der Waals surface area contributed by atoms with E-state index in [1.165, 1.54) is 0 Å². The van der Waals surface area contributed by atoms with Crippen LogP contribution in [0.2, 0.25) is 0 Å². The molecule has 0 saturated carbocycles. The van der Waals surface area contributed by atoms with Crippen molar-refractivity contribution < 1.29 is 19.7 Å². The molecule has 0 aromatic carbocycles. The van der Waals surface area contributed by atoms with E-state index in [0.717, 1.165) is 11.1 Å². The van der Waals surface area contributed by atoms with Gasteiger partial charge in [-0.3, -0.25) is 4.79 Å². The average molecular weight is 425 g/mol. The van der Waals surface area contributed by atoms with Crippen LogP contribution >= 0.6 is 0 Å². The number of hydrogen-bond donors (Lipinski definition) is 2. The van der Waals surface area contributed by atoms with Gasteiger partial charge in [-0.1, -0.05) is 74.6 Å². The molecule has 2 aliphatic rings. The molecule has 1 heterocycles. The van der Waals surface area contributed by atoms with Crippen LogP contribution in [0.4, 0.5) is 0 Å². The summed E-state index contributed by atoms with van der Waals surface area (Å²) < 4.78 is 5.98. The van der Waals surface area contributed by atoms with Crippen molar-refractivity contribution in [1.82, 2.24) is 0 Å². The van der Waals surface area contributed by atoms with Crippen molar-refractivity contribution in [2.24, 2.45) is 11.3 Å². The zero-order chi connectivity index (χ0) is 23.2. The number of allylic oxidation sites excluding steroid dienone is 10. The molecule has 0 aromatic rings. The molecule has 4 nitrogen and oxygen atoms in total. The minimum Gasteiger partial charge on any atom is -0.392 e. The zero-order valence-electron chi connectivity index (χ0n) is 19.5. The Labute approximate surface area is 186 Å². The number of aliphatic hydroxyl groups excluding tert-OH is 1. The van der Waals surface area contributed by atoms with E-state index in [9.17, 15) is 15.0 Å². The Morgan fingerprint density at radius 2 is 1.65 bits per heavy atom. The standard InChI is InChI=1S/C27H36O4/c1-19(25-20(2)16-27(6,30)22(4)31-25)14-12-10-8-7-9-11-13-15-26(5)17-23(18-28)24(29)21(26)3/h7-17,21-22,25,28,30H,18H2,1-6H3/b8-7+,11-9+,12-10+,15-13+,19-14+/t21-,22+,25-,26+,27+/m0/s1. The van der Waals surface area contributed by atoms with Crippen LogP contribution in [0.3, 0.4) is 0 Å². The van der Waals surface area contributed by atoms with Crippen molar-refractivity contribution in [3.05, 3.63) is 83.6 Å².